The smallest absolute Gasteiger partial charge is 0.127 e. The van der Waals surface area contributed by atoms with E-state index in [1.165, 1.54) is 6.07 Å². The summed E-state index contributed by atoms with van der Waals surface area (Å²) in [4.78, 5) is 0. The van der Waals surface area contributed by atoms with Crippen LogP contribution in [0.25, 0.3) is 0 Å². The van der Waals surface area contributed by atoms with Crippen LogP contribution in [0, 0.1) is 5.82 Å². The van der Waals surface area contributed by atoms with Crippen LogP contribution in [-0.2, 0) is 6.42 Å². The maximum Gasteiger partial charge on any atom is 0.127 e. The van der Waals surface area contributed by atoms with Crippen LogP contribution in [0.15, 0.2) is 22.7 Å². The highest BCUT2D eigenvalue weighted by Crippen LogP contribution is 2.16. The molecule has 0 bridgehead atoms. The first-order valence-corrected chi connectivity index (χ1v) is 5.54. The van der Waals surface area contributed by atoms with Gasteiger partial charge in [0.15, 0.2) is 0 Å². The Morgan fingerprint density at radius 3 is 2.79 bits per heavy atom. The van der Waals surface area contributed by atoms with Gasteiger partial charge in [0, 0.05) is 10.5 Å². The molecule has 0 heterocycles. The number of halogens is 2. The Kier molecular flexibility index (Phi) is 4.55. The third kappa shape index (κ3) is 3.39. The monoisotopic (exact) mass is 259 g/mol. The molecule has 1 unspecified atom stereocenters. The lowest BCUT2D eigenvalue weighted by atomic mass is 10.1. The summed E-state index contributed by atoms with van der Waals surface area (Å²) in [7, 11) is 1.92. The van der Waals surface area contributed by atoms with Crippen molar-refractivity contribution < 1.29 is 4.39 Å². The molecular weight excluding hydrogens is 245 g/mol. The maximum atomic E-state index is 13.4. The van der Waals surface area contributed by atoms with Crippen LogP contribution in [0.3, 0.4) is 0 Å². The summed E-state index contributed by atoms with van der Waals surface area (Å²) >= 11 is 3.24. The molecule has 78 valence electrons. The van der Waals surface area contributed by atoms with Crippen molar-refractivity contribution in [2.75, 3.05) is 7.05 Å². The molecule has 0 fully saturated rings. The van der Waals surface area contributed by atoms with Crippen LogP contribution in [-0.4, -0.2) is 13.1 Å². The van der Waals surface area contributed by atoms with E-state index in [0.29, 0.717) is 6.04 Å². The van der Waals surface area contributed by atoms with Gasteiger partial charge in [-0.1, -0.05) is 22.0 Å². The molecule has 0 aliphatic carbocycles. The maximum absolute atomic E-state index is 13.4. The van der Waals surface area contributed by atoms with Gasteiger partial charge in [-0.15, -0.1) is 0 Å². The van der Waals surface area contributed by atoms with Gasteiger partial charge in [0.1, 0.15) is 5.82 Å². The average Bonchev–Trinajstić information content (AvgIpc) is 2.16. The van der Waals surface area contributed by atoms with Gasteiger partial charge in [-0.3, -0.25) is 0 Å². The molecule has 1 nitrogen and oxygen atoms in total. The van der Waals surface area contributed by atoms with E-state index in [0.717, 1.165) is 22.9 Å². The van der Waals surface area contributed by atoms with Crippen LogP contribution in [0.4, 0.5) is 4.39 Å². The second-order valence-electron chi connectivity index (χ2n) is 3.46. The van der Waals surface area contributed by atoms with E-state index in [1.807, 2.05) is 19.2 Å². The summed E-state index contributed by atoms with van der Waals surface area (Å²) in [6.45, 7) is 2.09. The van der Waals surface area contributed by atoms with Gasteiger partial charge in [-0.05, 0) is 44.5 Å². The first-order chi connectivity index (χ1) is 6.63. The van der Waals surface area contributed by atoms with Gasteiger partial charge in [-0.2, -0.15) is 0 Å². The van der Waals surface area contributed by atoms with E-state index < -0.39 is 0 Å². The van der Waals surface area contributed by atoms with Crippen molar-refractivity contribution in [2.45, 2.75) is 25.8 Å². The van der Waals surface area contributed by atoms with Crippen molar-refractivity contribution in [3.05, 3.63) is 34.1 Å². The lowest BCUT2D eigenvalue weighted by Gasteiger charge is -2.10. The minimum absolute atomic E-state index is 0.123. The Balaban J connectivity index is 2.59. The first-order valence-electron chi connectivity index (χ1n) is 4.74. The molecule has 0 radical (unpaired) electrons. The zero-order valence-electron chi connectivity index (χ0n) is 8.48. The van der Waals surface area contributed by atoms with Gasteiger partial charge < -0.3 is 5.32 Å². The molecule has 1 aromatic rings. The predicted octanol–water partition coefficient (Wildman–Crippen LogP) is 3.13. The van der Waals surface area contributed by atoms with Gasteiger partial charge >= 0.3 is 0 Å². The molecule has 1 aromatic carbocycles. The van der Waals surface area contributed by atoms with Crippen molar-refractivity contribution in [1.29, 1.82) is 0 Å². The molecule has 0 spiro atoms. The van der Waals surface area contributed by atoms with Crippen LogP contribution in [0.2, 0.25) is 0 Å². The largest absolute Gasteiger partial charge is 0.317 e. The van der Waals surface area contributed by atoms with E-state index in [-0.39, 0.29) is 5.82 Å². The van der Waals surface area contributed by atoms with Gasteiger partial charge in [0.05, 0.1) is 0 Å². The van der Waals surface area contributed by atoms with Gasteiger partial charge in [0.2, 0.25) is 0 Å². The second-order valence-corrected chi connectivity index (χ2v) is 4.38. The minimum Gasteiger partial charge on any atom is -0.317 e. The van der Waals surface area contributed by atoms with Crippen LogP contribution in [0.5, 0.6) is 0 Å². The number of rotatable bonds is 4. The zero-order valence-corrected chi connectivity index (χ0v) is 10.1. The van der Waals surface area contributed by atoms with E-state index >= 15 is 0 Å². The molecule has 0 aliphatic heterocycles. The van der Waals surface area contributed by atoms with E-state index in [4.69, 9.17) is 0 Å². The fourth-order valence-corrected chi connectivity index (χ4v) is 1.57. The predicted molar refractivity (Wildman–Crippen MR) is 60.9 cm³/mol. The summed E-state index contributed by atoms with van der Waals surface area (Å²) in [5.41, 5.74) is 0.787. The average molecular weight is 260 g/mol. The van der Waals surface area contributed by atoms with Gasteiger partial charge in [-0.25, -0.2) is 4.39 Å². The van der Waals surface area contributed by atoms with Crippen LogP contribution < -0.4 is 5.32 Å². The Bertz CT molecular complexity index is 301. The Hall–Kier alpha value is -0.410. The van der Waals surface area contributed by atoms with Crippen molar-refractivity contribution in [2.24, 2.45) is 0 Å². The minimum atomic E-state index is -0.123. The molecule has 1 atom stereocenters. The molecule has 0 aliphatic rings. The number of hydrogen-bond acceptors (Lipinski definition) is 1. The third-order valence-corrected chi connectivity index (χ3v) is 2.85. The highest BCUT2D eigenvalue weighted by atomic mass is 79.9. The molecular formula is C11H15BrFN. The number of hydrogen-bond donors (Lipinski definition) is 1. The molecule has 0 saturated carbocycles. The van der Waals surface area contributed by atoms with E-state index in [1.54, 1.807) is 0 Å². The van der Waals surface area contributed by atoms with Crippen molar-refractivity contribution >= 4 is 15.9 Å². The van der Waals surface area contributed by atoms with Crippen LogP contribution >= 0.6 is 15.9 Å². The van der Waals surface area contributed by atoms with Crippen molar-refractivity contribution in [3.63, 3.8) is 0 Å². The molecule has 0 saturated heterocycles. The summed E-state index contributed by atoms with van der Waals surface area (Å²) in [5.74, 6) is -0.123. The molecule has 1 N–H and O–H groups in total. The standard InChI is InChI=1S/C11H15BrFN/c1-8(14-2)3-4-9-5-6-10(12)7-11(9)13/h5-8,14H,3-4H2,1-2H3. The summed E-state index contributed by atoms with van der Waals surface area (Å²) in [6.07, 6.45) is 1.73. The normalized spacial score (nSPS) is 12.9. The lowest BCUT2D eigenvalue weighted by molar-refractivity contribution is 0.547. The zero-order chi connectivity index (χ0) is 10.6. The van der Waals surface area contributed by atoms with Gasteiger partial charge in [0.25, 0.3) is 0 Å². The lowest BCUT2D eigenvalue weighted by Crippen LogP contribution is -2.21. The first kappa shape index (κ1) is 11.7. The molecule has 0 aromatic heterocycles. The summed E-state index contributed by atoms with van der Waals surface area (Å²) in [6, 6.07) is 5.65. The van der Waals surface area contributed by atoms with Crippen molar-refractivity contribution in [3.8, 4) is 0 Å². The number of nitrogens with one attached hydrogen (secondary N) is 1. The Labute approximate surface area is 92.8 Å². The molecule has 1 rings (SSSR count). The summed E-state index contributed by atoms with van der Waals surface area (Å²) < 4.78 is 14.1. The van der Waals surface area contributed by atoms with E-state index in [9.17, 15) is 4.39 Å². The topological polar surface area (TPSA) is 12.0 Å². The van der Waals surface area contributed by atoms with Crippen LogP contribution in [0.1, 0.15) is 18.9 Å². The molecule has 3 heteroatoms. The van der Waals surface area contributed by atoms with E-state index in [2.05, 4.69) is 28.2 Å². The summed E-state index contributed by atoms with van der Waals surface area (Å²) in [5, 5.41) is 3.13. The molecule has 0 amide bonds. The fraction of sp³-hybridized carbons (Fsp3) is 0.455. The quantitative estimate of drug-likeness (QED) is 0.877. The second kappa shape index (κ2) is 5.47. The Morgan fingerprint density at radius 2 is 2.21 bits per heavy atom. The number of benzene rings is 1. The fourth-order valence-electron chi connectivity index (χ4n) is 1.24. The third-order valence-electron chi connectivity index (χ3n) is 2.35. The highest BCUT2D eigenvalue weighted by molar-refractivity contribution is 9.10. The van der Waals surface area contributed by atoms with Crippen molar-refractivity contribution in [1.82, 2.24) is 5.32 Å². The molecule has 14 heavy (non-hydrogen) atoms. The number of aryl methyl sites for hydroxylation is 1. The SMILES string of the molecule is CNC(C)CCc1ccc(Br)cc1F. The Morgan fingerprint density at radius 1 is 1.50 bits per heavy atom. The highest BCUT2D eigenvalue weighted by Gasteiger charge is 2.04.